The van der Waals surface area contributed by atoms with Gasteiger partial charge in [0.2, 0.25) is 0 Å². The third-order valence-electron chi connectivity index (χ3n) is 4.08. The topological polar surface area (TPSA) is 66.0 Å². The molecule has 7 heteroatoms. The first-order chi connectivity index (χ1) is 12.2. The highest BCUT2D eigenvalue weighted by Crippen LogP contribution is 2.15. The van der Waals surface area contributed by atoms with Gasteiger partial charge in [0, 0.05) is 37.8 Å². The van der Waals surface area contributed by atoms with Crippen LogP contribution < -0.4 is 10.6 Å². The van der Waals surface area contributed by atoms with Gasteiger partial charge in [-0.3, -0.25) is 9.79 Å². The van der Waals surface area contributed by atoms with Crippen molar-refractivity contribution in [3.63, 3.8) is 0 Å². The van der Waals surface area contributed by atoms with Crippen molar-refractivity contribution in [1.29, 1.82) is 0 Å². The van der Waals surface area contributed by atoms with Crippen LogP contribution in [0.2, 0.25) is 0 Å². The Kier molecular flexibility index (Phi) is 9.01. The molecule has 1 heterocycles. The lowest BCUT2D eigenvalue weighted by atomic mass is 10.1. The van der Waals surface area contributed by atoms with Crippen LogP contribution in [0.3, 0.4) is 0 Å². The fourth-order valence-corrected chi connectivity index (χ4v) is 3.01. The van der Waals surface area contributed by atoms with Gasteiger partial charge in [-0.1, -0.05) is 12.1 Å². The zero-order valence-electron chi connectivity index (χ0n) is 17.2. The first-order valence-corrected chi connectivity index (χ1v) is 9.20. The number of benzene rings is 1. The minimum absolute atomic E-state index is 0. The molecule has 6 nitrogen and oxygen atoms in total. The highest BCUT2D eigenvalue weighted by atomic mass is 127. The molecule has 1 amide bonds. The van der Waals surface area contributed by atoms with Crippen molar-refractivity contribution in [2.24, 2.45) is 4.99 Å². The molecule has 1 aromatic carbocycles. The van der Waals surface area contributed by atoms with Crippen LogP contribution >= 0.6 is 24.0 Å². The van der Waals surface area contributed by atoms with E-state index in [1.54, 1.807) is 7.05 Å². The van der Waals surface area contributed by atoms with Gasteiger partial charge in [-0.25, -0.2) is 0 Å². The van der Waals surface area contributed by atoms with Crippen molar-refractivity contribution in [1.82, 2.24) is 15.5 Å². The zero-order chi connectivity index (χ0) is 19.3. The van der Waals surface area contributed by atoms with Crippen LogP contribution in [-0.2, 0) is 11.3 Å². The van der Waals surface area contributed by atoms with Gasteiger partial charge in [-0.2, -0.15) is 0 Å². The molecule has 1 fully saturated rings. The molecule has 152 valence electrons. The van der Waals surface area contributed by atoms with Crippen LogP contribution in [0.5, 0.6) is 0 Å². The predicted molar refractivity (Wildman–Crippen MR) is 121 cm³/mol. The predicted octanol–water partition coefficient (Wildman–Crippen LogP) is 3.02. The maximum atomic E-state index is 12.7. The lowest BCUT2D eigenvalue weighted by Gasteiger charge is -2.35. The van der Waals surface area contributed by atoms with E-state index in [4.69, 9.17) is 4.74 Å². The molecular formula is C20H33IN4O2. The average Bonchev–Trinajstić information content (AvgIpc) is 2.56. The van der Waals surface area contributed by atoms with E-state index in [9.17, 15) is 4.79 Å². The first-order valence-electron chi connectivity index (χ1n) is 9.20. The molecule has 1 aliphatic heterocycles. The lowest BCUT2D eigenvalue weighted by Crippen LogP contribution is -2.48. The highest BCUT2D eigenvalue weighted by Gasteiger charge is 2.26. The number of nitrogens with zero attached hydrogens (tertiary/aromatic N) is 2. The number of ether oxygens (including phenoxy) is 1. The minimum atomic E-state index is -0.0510. The summed E-state index contributed by atoms with van der Waals surface area (Å²) in [7, 11) is 1.76. The van der Waals surface area contributed by atoms with Crippen LogP contribution in [0.15, 0.2) is 29.3 Å². The highest BCUT2D eigenvalue weighted by molar-refractivity contribution is 14.0. The van der Waals surface area contributed by atoms with Crippen molar-refractivity contribution in [3.05, 3.63) is 35.4 Å². The summed E-state index contributed by atoms with van der Waals surface area (Å²) >= 11 is 0. The zero-order valence-corrected chi connectivity index (χ0v) is 19.5. The molecule has 1 aliphatic rings. The van der Waals surface area contributed by atoms with Crippen LogP contribution in [0, 0.1) is 0 Å². The molecule has 0 bridgehead atoms. The van der Waals surface area contributed by atoms with Gasteiger partial charge in [0.1, 0.15) is 0 Å². The molecule has 0 aliphatic carbocycles. The second-order valence-corrected chi connectivity index (χ2v) is 7.97. The summed E-state index contributed by atoms with van der Waals surface area (Å²) in [6.07, 6.45) is 0.154. The maximum Gasteiger partial charge on any atom is 0.254 e. The number of carbonyl (C=O) groups excluding carboxylic acids is 1. The van der Waals surface area contributed by atoms with E-state index < -0.39 is 0 Å². The molecule has 0 spiro atoms. The lowest BCUT2D eigenvalue weighted by molar-refractivity contribution is -0.0586. The normalized spacial score (nSPS) is 20.7. The number of guanidine groups is 1. The first kappa shape index (κ1) is 23.7. The standard InChI is InChI=1S/C20H32N4O2.HI/c1-14-12-24(13-15(2)26-14)18(25)17-9-7-16(8-10-17)11-22-19(21-6)23-20(3,4)5;/h7-10,14-15H,11-13H2,1-6H3,(H2,21,22,23);1H. The van der Waals surface area contributed by atoms with Crippen LogP contribution in [-0.4, -0.2) is 54.7 Å². The Morgan fingerprint density at radius 1 is 1.19 bits per heavy atom. The van der Waals surface area contributed by atoms with Crippen molar-refractivity contribution < 1.29 is 9.53 Å². The van der Waals surface area contributed by atoms with E-state index in [0.717, 1.165) is 11.5 Å². The number of halogens is 1. The number of amides is 1. The second-order valence-electron chi connectivity index (χ2n) is 7.97. The van der Waals surface area contributed by atoms with Crippen molar-refractivity contribution in [2.75, 3.05) is 20.1 Å². The molecule has 2 rings (SSSR count). The third-order valence-corrected chi connectivity index (χ3v) is 4.08. The number of carbonyl (C=O) groups is 1. The van der Waals surface area contributed by atoms with E-state index in [1.165, 1.54) is 0 Å². The summed E-state index contributed by atoms with van der Waals surface area (Å²) in [5, 5.41) is 6.62. The van der Waals surface area contributed by atoms with Gasteiger partial charge in [0.15, 0.2) is 5.96 Å². The molecule has 27 heavy (non-hydrogen) atoms. The Bertz CT molecular complexity index is 630. The molecule has 0 radical (unpaired) electrons. The summed E-state index contributed by atoms with van der Waals surface area (Å²) in [5.41, 5.74) is 1.76. The van der Waals surface area contributed by atoms with Crippen molar-refractivity contribution in [2.45, 2.75) is 58.9 Å². The molecule has 1 saturated heterocycles. The van der Waals surface area contributed by atoms with E-state index in [-0.39, 0.29) is 47.6 Å². The van der Waals surface area contributed by atoms with Gasteiger partial charge in [-0.15, -0.1) is 24.0 Å². The third kappa shape index (κ3) is 7.65. The van der Waals surface area contributed by atoms with Gasteiger partial charge in [-0.05, 0) is 52.3 Å². The summed E-state index contributed by atoms with van der Waals surface area (Å²) in [6, 6.07) is 7.75. The molecule has 0 aromatic heterocycles. The Hall–Kier alpha value is -1.35. The molecule has 1 aromatic rings. The number of nitrogens with one attached hydrogen (secondary N) is 2. The fourth-order valence-electron chi connectivity index (χ4n) is 3.01. The fraction of sp³-hybridized carbons (Fsp3) is 0.600. The van der Waals surface area contributed by atoms with Gasteiger partial charge < -0.3 is 20.3 Å². The van der Waals surface area contributed by atoms with E-state index in [1.807, 2.05) is 43.0 Å². The summed E-state index contributed by atoms with van der Waals surface area (Å²) in [5.74, 6) is 0.825. The molecule has 0 saturated carbocycles. The maximum absolute atomic E-state index is 12.7. The molecule has 2 N–H and O–H groups in total. The summed E-state index contributed by atoms with van der Waals surface area (Å²) in [4.78, 5) is 18.8. The van der Waals surface area contributed by atoms with Gasteiger partial charge in [0.05, 0.1) is 12.2 Å². The Labute approximate surface area is 180 Å². The summed E-state index contributed by atoms with van der Waals surface area (Å²) < 4.78 is 5.70. The van der Waals surface area contributed by atoms with Gasteiger partial charge in [0.25, 0.3) is 5.91 Å². The number of morpholine rings is 1. The van der Waals surface area contributed by atoms with Gasteiger partial charge >= 0.3 is 0 Å². The molecule has 2 atom stereocenters. The average molecular weight is 488 g/mol. The van der Waals surface area contributed by atoms with E-state index >= 15 is 0 Å². The number of hydrogen-bond acceptors (Lipinski definition) is 3. The SMILES string of the molecule is CN=C(NCc1ccc(C(=O)N2CC(C)OC(C)C2)cc1)NC(C)(C)C.I. The number of hydrogen-bond donors (Lipinski definition) is 2. The van der Waals surface area contributed by atoms with Crippen molar-refractivity contribution >= 4 is 35.8 Å². The second kappa shape index (κ2) is 10.3. The van der Waals surface area contributed by atoms with E-state index in [2.05, 4.69) is 36.4 Å². The largest absolute Gasteiger partial charge is 0.372 e. The number of rotatable bonds is 3. The minimum Gasteiger partial charge on any atom is -0.372 e. The van der Waals surface area contributed by atoms with Crippen molar-refractivity contribution in [3.8, 4) is 0 Å². The Morgan fingerprint density at radius 2 is 1.74 bits per heavy atom. The molecular weight excluding hydrogens is 455 g/mol. The van der Waals surface area contributed by atoms with E-state index in [0.29, 0.717) is 25.2 Å². The quantitative estimate of drug-likeness (QED) is 0.390. The monoisotopic (exact) mass is 488 g/mol. The summed E-state index contributed by atoms with van der Waals surface area (Å²) in [6.45, 7) is 12.2. The smallest absolute Gasteiger partial charge is 0.254 e. The molecule has 2 unspecified atom stereocenters. The van der Waals surface area contributed by atoms with Crippen LogP contribution in [0.1, 0.15) is 50.5 Å². The number of aliphatic imine (C=N–C) groups is 1. The van der Waals surface area contributed by atoms with Crippen LogP contribution in [0.25, 0.3) is 0 Å². The Balaban J connectivity index is 0.00000364. The van der Waals surface area contributed by atoms with Crippen LogP contribution in [0.4, 0.5) is 0 Å². The Morgan fingerprint density at radius 3 is 2.22 bits per heavy atom.